The normalized spacial score (nSPS) is 8.67. The molecule has 0 saturated carbocycles. The van der Waals surface area contributed by atoms with E-state index in [0.717, 1.165) is 0 Å². The molecule has 0 aliphatic carbocycles. The van der Waals surface area contributed by atoms with Crippen molar-refractivity contribution in [3.8, 4) is 0 Å². The number of carbonyl (C=O) groups excluding carboxylic acids is 2. The molecule has 0 aromatic heterocycles. The van der Waals surface area contributed by atoms with Crippen molar-refractivity contribution in [2.75, 3.05) is 13.7 Å². The van der Waals surface area contributed by atoms with Crippen LogP contribution in [0, 0.1) is 6.92 Å². The standard InChI is InChI=1S/C5H7O4/c1-4(6)9-5(7)3-8-2/h1,3H2,2H3. The van der Waals surface area contributed by atoms with Gasteiger partial charge in [-0.15, -0.1) is 0 Å². The monoisotopic (exact) mass is 131 g/mol. The van der Waals surface area contributed by atoms with Crippen molar-refractivity contribution in [3.63, 3.8) is 0 Å². The highest BCUT2D eigenvalue weighted by atomic mass is 16.6. The van der Waals surface area contributed by atoms with Gasteiger partial charge in [0.15, 0.2) is 0 Å². The summed E-state index contributed by atoms with van der Waals surface area (Å²) in [4.78, 5) is 20.2. The molecule has 0 fully saturated rings. The van der Waals surface area contributed by atoms with Crippen LogP contribution in [0.15, 0.2) is 0 Å². The van der Waals surface area contributed by atoms with E-state index in [1.54, 1.807) is 0 Å². The number of hydrogen-bond donors (Lipinski definition) is 0. The van der Waals surface area contributed by atoms with Crippen LogP contribution in [0.25, 0.3) is 0 Å². The van der Waals surface area contributed by atoms with Crippen molar-refractivity contribution in [2.24, 2.45) is 0 Å². The highest BCUT2D eigenvalue weighted by Gasteiger charge is 2.03. The molecule has 0 saturated heterocycles. The molecular formula is C5H7O4. The van der Waals surface area contributed by atoms with Crippen LogP contribution in [-0.4, -0.2) is 25.7 Å². The average molecular weight is 131 g/mol. The molecule has 4 nitrogen and oxygen atoms in total. The second-order valence-electron chi connectivity index (χ2n) is 1.28. The van der Waals surface area contributed by atoms with E-state index >= 15 is 0 Å². The molecule has 0 N–H and O–H groups in total. The molecule has 0 aromatic carbocycles. The molecule has 4 heteroatoms. The van der Waals surface area contributed by atoms with Crippen molar-refractivity contribution < 1.29 is 19.1 Å². The molecule has 0 aliphatic rings. The SMILES string of the molecule is [CH2]C(=O)OC(=O)COC. The molecule has 0 unspecified atom stereocenters. The van der Waals surface area contributed by atoms with Gasteiger partial charge in [0.2, 0.25) is 0 Å². The van der Waals surface area contributed by atoms with E-state index in [2.05, 4.69) is 16.4 Å². The number of hydrogen-bond acceptors (Lipinski definition) is 4. The Morgan fingerprint density at radius 3 is 2.44 bits per heavy atom. The average Bonchev–Trinajstić information content (AvgIpc) is 1.63. The third-order valence-electron chi connectivity index (χ3n) is 0.490. The topological polar surface area (TPSA) is 52.6 Å². The van der Waals surface area contributed by atoms with Crippen molar-refractivity contribution >= 4 is 11.9 Å². The fraction of sp³-hybridized carbons (Fsp3) is 0.400. The summed E-state index contributed by atoms with van der Waals surface area (Å²) in [6, 6.07) is 0. The van der Waals surface area contributed by atoms with Crippen LogP contribution in [-0.2, 0) is 19.1 Å². The Labute approximate surface area is 52.7 Å². The Morgan fingerprint density at radius 2 is 2.11 bits per heavy atom. The molecule has 0 spiro atoms. The Morgan fingerprint density at radius 1 is 1.56 bits per heavy atom. The summed E-state index contributed by atoms with van der Waals surface area (Å²) < 4.78 is 8.33. The van der Waals surface area contributed by atoms with Crippen LogP contribution >= 0.6 is 0 Å². The van der Waals surface area contributed by atoms with Gasteiger partial charge >= 0.3 is 11.9 Å². The molecule has 0 amide bonds. The number of ether oxygens (including phenoxy) is 2. The summed E-state index contributed by atoms with van der Waals surface area (Å²) in [7, 11) is 1.33. The number of esters is 2. The van der Waals surface area contributed by atoms with Gasteiger partial charge in [0, 0.05) is 7.11 Å². The van der Waals surface area contributed by atoms with Crippen molar-refractivity contribution in [2.45, 2.75) is 0 Å². The predicted molar refractivity (Wildman–Crippen MR) is 28.3 cm³/mol. The zero-order valence-corrected chi connectivity index (χ0v) is 5.05. The fourth-order valence-corrected chi connectivity index (χ4v) is 0.274. The zero-order chi connectivity index (χ0) is 7.28. The molecule has 0 aromatic rings. The third-order valence-corrected chi connectivity index (χ3v) is 0.490. The lowest BCUT2D eigenvalue weighted by Gasteiger charge is -1.95. The summed E-state index contributed by atoms with van der Waals surface area (Å²) >= 11 is 0. The quantitative estimate of drug-likeness (QED) is 0.375. The number of carbonyl (C=O) groups is 2. The molecule has 0 bridgehead atoms. The Hall–Kier alpha value is -0.900. The first-order chi connectivity index (χ1) is 4.16. The van der Waals surface area contributed by atoms with Crippen LogP contribution < -0.4 is 0 Å². The van der Waals surface area contributed by atoms with E-state index in [4.69, 9.17) is 0 Å². The minimum atomic E-state index is -0.864. The Balaban J connectivity index is 3.39. The molecule has 1 radical (unpaired) electrons. The Kier molecular flexibility index (Phi) is 3.62. The van der Waals surface area contributed by atoms with E-state index in [-0.39, 0.29) is 6.61 Å². The van der Waals surface area contributed by atoms with E-state index in [0.29, 0.717) is 0 Å². The molecule has 0 atom stereocenters. The fourth-order valence-electron chi connectivity index (χ4n) is 0.274. The molecule has 0 heterocycles. The second kappa shape index (κ2) is 4.03. The van der Waals surface area contributed by atoms with E-state index in [1.807, 2.05) is 0 Å². The Bertz CT molecular complexity index is 118. The van der Waals surface area contributed by atoms with Gasteiger partial charge in [-0.3, -0.25) is 4.79 Å². The van der Waals surface area contributed by atoms with Crippen molar-refractivity contribution in [3.05, 3.63) is 6.92 Å². The van der Waals surface area contributed by atoms with Gasteiger partial charge < -0.3 is 9.47 Å². The highest BCUT2D eigenvalue weighted by Crippen LogP contribution is 1.78. The second-order valence-corrected chi connectivity index (χ2v) is 1.28. The number of rotatable bonds is 2. The van der Waals surface area contributed by atoms with Gasteiger partial charge in [-0.1, -0.05) is 0 Å². The summed E-state index contributed by atoms with van der Waals surface area (Å²) in [5.41, 5.74) is 0. The minimum Gasteiger partial charge on any atom is -0.391 e. The maximum absolute atomic E-state index is 10.2. The predicted octanol–water partition coefficient (Wildman–Crippen LogP) is -0.463. The zero-order valence-electron chi connectivity index (χ0n) is 5.05. The molecular weight excluding hydrogens is 124 g/mol. The van der Waals surface area contributed by atoms with E-state index in [9.17, 15) is 9.59 Å². The van der Waals surface area contributed by atoms with Gasteiger partial charge in [-0.2, -0.15) is 0 Å². The van der Waals surface area contributed by atoms with Crippen molar-refractivity contribution in [1.29, 1.82) is 0 Å². The molecule has 0 aliphatic heterocycles. The van der Waals surface area contributed by atoms with Crippen LogP contribution in [0.4, 0.5) is 0 Å². The lowest BCUT2D eigenvalue weighted by molar-refractivity contribution is -0.159. The molecule has 51 valence electrons. The first kappa shape index (κ1) is 8.10. The van der Waals surface area contributed by atoms with Crippen molar-refractivity contribution in [1.82, 2.24) is 0 Å². The third kappa shape index (κ3) is 4.96. The van der Waals surface area contributed by atoms with E-state index < -0.39 is 11.9 Å². The molecule has 9 heavy (non-hydrogen) atoms. The molecule has 0 rings (SSSR count). The van der Waals surface area contributed by atoms with Gasteiger partial charge in [0.1, 0.15) is 6.61 Å². The lowest BCUT2D eigenvalue weighted by Crippen LogP contribution is -2.14. The lowest BCUT2D eigenvalue weighted by atomic mass is 10.7. The maximum Gasteiger partial charge on any atom is 0.339 e. The minimum absolute atomic E-state index is 0.221. The van der Waals surface area contributed by atoms with Gasteiger partial charge in [-0.25, -0.2) is 4.79 Å². The largest absolute Gasteiger partial charge is 0.391 e. The van der Waals surface area contributed by atoms with Crippen LogP contribution in [0.3, 0.4) is 0 Å². The maximum atomic E-state index is 10.2. The van der Waals surface area contributed by atoms with Gasteiger partial charge in [-0.05, 0) is 0 Å². The first-order valence-corrected chi connectivity index (χ1v) is 2.22. The van der Waals surface area contributed by atoms with E-state index in [1.165, 1.54) is 7.11 Å². The van der Waals surface area contributed by atoms with Crippen LogP contribution in [0.2, 0.25) is 0 Å². The summed E-state index contributed by atoms with van der Waals surface area (Å²) in [5.74, 6) is -1.59. The van der Waals surface area contributed by atoms with Gasteiger partial charge in [0.25, 0.3) is 0 Å². The highest BCUT2D eigenvalue weighted by molar-refractivity contribution is 5.88. The van der Waals surface area contributed by atoms with Crippen LogP contribution in [0.1, 0.15) is 0 Å². The van der Waals surface area contributed by atoms with Crippen LogP contribution in [0.5, 0.6) is 0 Å². The first-order valence-electron chi connectivity index (χ1n) is 2.22. The smallest absolute Gasteiger partial charge is 0.339 e. The number of methoxy groups -OCH3 is 1. The summed E-state index contributed by atoms with van der Waals surface area (Å²) in [6.45, 7) is 2.60. The summed E-state index contributed by atoms with van der Waals surface area (Å²) in [5, 5.41) is 0. The van der Waals surface area contributed by atoms with Gasteiger partial charge in [0.05, 0.1) is 6.92 Å². The summed E-state index contributed by atoms with van der Waals surface area (Å²) in [6.07, 6.45) is 0.